The Labute approximate surface area is 428 Å². The maximum atomic E-state index is 13.7. The average molecular weight is 1000 g/mol. The van der Waals surface area contributed by atoms with Gasteiger partial charge in [-0.3, -0.25) is 34.6 Å². The Bertz CT molecular complexity index is 3240. The minimum atomic E-state index is -1.10. The second-order valence-electron chi connectivity index (χ2n) is 20.3. The highest BCUT2D eigenvalue weighted by atomic mass is 32.1. The summed E-state index contributed by atoms with van der Waals surface area (Å²) < 4.78 is 9.56. The van der Waals surface area contributed by atoms with Gasteiger partial charge in [-0.05, 0) is 155 Å². The van der Waals surface area contributed by atoms with Gasteiger partial charge in [-0.25, -0.2) is 14.8 Å². The predicted molar refractivity (Wildman–Crippen MR) is 285 cm³/mol. The fourth-order valence-corrected chi connectivity index (χ4v) is 12.6. The first-order valence-corrected chi connectivity index (χ1v) is 26.6. The number of rotatable bonds is 13. The monoisotopic (exact) mass is 999 g/mol. The van der Waals surface area contributed by atoms with Crippen molar-refractivity contribution in [2.24, 2.45) is 13.0 Å². The predicted octanol–water partition coefficient (Wildman–Crippen LogP) is 9.52. The molecule has 6 heterocycles. The Morgan fingerprint density at radius 1 is 0.890 bits per heavy atom. The smallest absolute Gasteiger partial charge is 0.355 e. The summed E-state index contributed by atoms with van der Waals surface area (Å²) in [6.45, 7) is 9.38. The molecule has 16 heteroatoms. The normalized spacial score (nSPS) is 20.5. The Morgan fingerprint density at radius 2 is 1.73 bits per heavy atom. The van der Waals surface area contributed by atoms with E-state index in [1.807, 2.05) is 96.3 Å². The zero-order valence-corrected chi connectivity index (χ0v) is 42.4. The minimum absolute atomic E-state index is 0.0200. The van der Waals surface area contributed by atoms with Gasteiger partial charge in [-0.1, -0.05) is 47.7 Å². The van der Waals surface area contributed by atoms with Crippen LogP contribution in [0.1, 0.15) is 107 Å². The van der Waals surface area contributed by atoms with Crippen molar-refractivity contribution in [1.29, 1.82) is 0 Å². The number of para-hydroxylation sites is 1. The summed E-state index contributed by atoms with van der Waals surface area (Å²) in [5.74, 6) is -0.229. The van der Waals surface area contributed by atoms with Crippen LogP contribution in [0.3, 0.4) is 0 Å². The number of ether oxygens (including phenoxy) is 1. The van der Waals surface area contributed by atoms with Crippen LogP contribution < -0.4 is 25.2 Å². The van der Waals surface area contributed by atoms with Crippen LogP contribution in [0.5, 0.6) is 5.75 Å². The molecule has 0 spiro atoms. The van der Waals surface area contributed by atoms with Gasteiger partial charge in [0, 0.05) is 74.4 Å². The Kier molecular flexibility index (Phi) is 13.4. The highest BCUT2D eigenvalue weighted by Gasteiger charge is 2.33. The van der Waals surface area contributed by atoms with Crippen LogP contribution in [-0.4, -0.2) is 98.3 Å². The van der Waals surface area contributed by atoms with Gasteiger partial charge in [0.25, 0.3) is 5.91 Å². The number of anilines is 3. The molecule has 2 atom stereocenters. The van der Waals surface area contributed by atoms with Crippen molar-refractivity contribution in [2.75, 3.05) is 47.8 Å². The molecule has 1 aliphatic carbocycles. The van der Waals surface area contributed by atoms with Crippen LogP contribution in [0.2, 0.25) is 0 Å². The molecule has 3 amide bonds. The van der Waals surface area contributed by atoms with Crippen molar-refractivity contribution in [3.8, 4) is 16.9 Å². The molecule has 1 unspecified atom stereocenters. The van der Waals surface area contributed by atoms with Crippen LogP contribution in [0.25, 0.3) is 32.2 Å². The maximum absolute atomic E-state index is 13.7. The minimum Gasteiger partial charge on any atom is -0.490 e. The van der Waals surface area contributed by atoms with Gasteiger partial charge in [0.1, 0.15) is 11.6 Å². The number of pyridine rings is 1. The summed E-state index contributed by atoms with van der Waals surface area (Å²) in [6, 6.07) is 30.0. The molecular formula is C57H61N9O6S. The molecular weight excluding hydrogens is 939 g/mol. The molecule has 3 fully saturated rings. The Hall–Kier alpha value is -7.17. The summed E-state index contributed by atoms with van der Waals surface area (Å²) in [7, 11) is 1.92. The summed E-state index contributed by atoms with van der Waals surface area (Å²) >= 11 is 1.44. The number of carboxylic acid groups (broad SMARTS) is 1. The molecule has 0 bridgehead atoms. The van der Waals surface area contributed by atoms with Crippen molar-refractivity contribution >= 4 is 72.8 Å². The summed E-state index contributed by atoms with van der Waals surface area (Å²) in [5.41, 5.74) is 8.49. The quantitative estimate of drug-likeness (QED) is 0.0935. The number of nitrogens with zero attached hydrogens (tertiary/aromatic N) is 7. The van der Waals surface area contributed by atoms with Gasteiger partial charge >= 0.3 is 5.97 Å². The number of piperidine rings is 1. The number of piperazine rings is 1. The van der Waals surface area contributed by atoms with E-state index in [2.05, 4.69) is 50.5 Å². The number of carbonyl (C=O) groups is 4. The van der Waals surface area contributed by atoms with Gasteiger partial charge in [-0.2, -0.15) is 5.10 Å². The lowest BCUT2D eigenvalue weighted by Gasteiger charge is -2.41. The molecule has 2 saturated heterocycles. The molecule has 15 nitrogen and oxygen atoms in total. The third-order valence-electron chi connectivity index (χ3n) is 15.7. The number of hydrogen-bond donors (Lipinski definition) is 3. The van der Waals surface area contributed by atoms with Crippen molar-refractivity contribution < 1.29 is 29.0 Å². The van der Waals surface area contributed by atoms with E-state index < -0.39 is 11.9 Å². The number of aryl methyl sites for hydroxylation is 1. The standard InChI is InChI=1S/C57H61N9O6S/c1-34-32-64(29-30-66(34)38-18-21-43-47(31-38)63(3)62-52(43)44-23-25-51(67)60-55(44)69)27-8-9-36-16-19-39(20-17-36)72-48-14-7-11-40(35(48)2)41-22-24-50(59-53(41)56(70)71)65-28-26-37-10-6-12-42(45(37)33-65)54(68)61-57-58-46-13-4-5-15-49(46)73-57/h4-7,10-15,18,21-22,24,31,34,36,39,44H,8-9,16-17,19-20,23,25-30,32-33H2,1-3H3,(H,70,71)(H,58,61,68)(H,60,67,69)/t34-,36-,39-,44?/m0/s1. The van der Waals surface area contributed by atoms with Crippen LogP contribution in [0, 0.1) is 12.8 Å². The highest BCUT2D eigenvalue weighted by Crippen LogP contribution is 2.38. The van der Waals surface area contributed by atoms with Gasteiger partial charge in [0.2, 0.25) is 11.8 Å². The van der Waals surface area contributed by atoms with E-state index in [9.17, 15) is 24.3 Å². The van der Waals surface area contributed by atoms with Crippen molar-refractivity contribution in [3.63, 3.8) is 0 Å². The number of hydrogen-bond acceptors (Lipinski definition) is 12. The second-order valence-corrected chi connectivity index (χ2v) is 21.3. The fourth-order valence-electron chi connectivity index (χ4n) is 11.7. The number of benzene rings is 4. The van der Waals surface area contributed by atoms with E-state index in [1.165, 1.54) is 24.2 Å². The topological polar surface area (TPSA) is 175 Å². The zero-order chi connectivity index (χ0) is 50.3. The number of carbonyl (C=O) groups excluding carboxylic acids is 3. The first-order valence-electron chi connectivity index (χ1n) is 25.8. The molecule has 376 valence electrons. The SMILES string of the molecule is Cc1c(O[C@H]2CC[C@H](CCCN3CCN(c4ccc5c(C6CCC(=O)NC6=O)nn(C)c5c4)[C@@H](C)C3)CC2)cccc1-c1ccc(N2CCc3cccc(C(=O)Nc4nc5ccccc5s4)c3C2)nc1C(=O)O. The third kappa shape index (κ3) is 9.89. The van der Waals surface area contributed by atoms with E-state index >= 15 is 0 Å². The van der Waals surface area contributed by atoms with Crippen LogP contribution in [0.15, 0.2) is 91.0 Å². The number of amides is 3. The lowest BCUT2D eigenvalue weighted by atomic mass is 9.84. The number of nitrogens with one attached hydrogen (secondary N) is 2. The van der Waals surface area contributed by atoms with E-state index in [-0.39, 0.29) is 29.5 Å². The molecule has 0 radical (unpaired) electrons. The number of carboxylic acids is 1. The fraction of sp³-hybridized carbons (Fsp3) is 0.386. The highest BCUT2D eigenvalue weighted by molar-refractivity contribution is 7.22. The average Bonchev–Trinajstić information content (AvgIpc) is 3.96. The number of thiazole rings is 1. The summed E-state index contributed by atoms with van der Waals surface area (Å²) in [4.78, 5) is 67.5. The van der Waals surface area contributed by atoms with Gasteiger partial charge in [-0.15, -0.1) is 0 Å². The molecule has 4 aliphatic rings. The lowest BCUT2D eigenvalue weighted by Crippen LogP contribution is -2.52. The number of fused-ring (bicyclic) bond motifs is 3. The Balaban J connectivity index is 0.670. The molecule has 1 saturated carbocycles. The molecule has 11 rings (SSSR count). The molecule has 73 heavy (non-hydrogen) atoms. The molecule has 3 aliphatic heterocycles. The van der Waals surface area contributed by atoms with E-state index in [0.717, 1.165) is 112 Å². The van der Waals surface area contributed by atoms with Crippen molar-refractivity contribution in [1.82, 2.24) is 30.0 Å². The van der Waals surface area contributed by atoms with Crippen molar-refractivity contribution in [3.05, 3.63) is 125 Å². The Morgan fingerprint density at radius 3 is 2.53 bits per heavy atom. The number of imide groups is 1. The third-order valence-corrected chi connectivity index (χ3v) is 16.6. The van der Waals surface area contributed by atoms with E-state index in [0.29, 0.717) is 66.4 Å². The molecule has 3 aromatic heterocycles. The number of aromatic nitrogens is 4. The first-order chi connectivity index (χ1) is 35.4. The van der Waals surface area contributed by atoms with E-state index in [1.54, 1.807) is 0 Å². The largest absolute Gasteiger partial charge is 0.490 e. The van der Waals surface area contributed by atoms with Crippen LogP contribution in [0.4, 0.5) is 16.6 Å². The molecule has 4 aromatic carbocycles. The number of aromatic carboxylic acids is 1. The summed E-state index contributed by atoms with van der Waals surface area (Å²) in [5, 5.41) is 22.3. The van der Waals surface area contributed by atoms with Crippen molar-refractivity contribution in [2.45, 2.75) is 96.2 Å². The second kappa shape index (κ2) is 20.4. The van der Waals surface area contributed by atoms with E-state index in [4.69, 9.17) is 14.8 Å². The van der Waals surface area contributed by atoms with Crippen LogP contribution >= 0.6 is 11.3 Å². The summed E-state index contributed by atoms with van der Waals surface area (Å²) in [6.07, 6.45) is 8.20. The van der Waals surface area contributed by atoms with Gasteiger partial charge in [0.05, 0.1) is 33.4 Å². The molecule has 3 N–H and O–H groups in total. The van der Waals surface area contributed by atoms with Gasteiger partial charge < -0.3 is 19.6 Å². The van der Waals surface area contributed by atoms with Gasteiger partial charge in [0.15, 0.2) is 10.8 Å². The first kappa shape index (κ1) is 48.1. The maximum Gasteiger partial charge on any atom is 0.355 e. The van der Waals surface area contributed by atoms with Crippen LogP contribution in [-0.2, 0) is 29.6 Å². The zero-order valence-electron chi connectivity index (χ0n) is 41.6. The molecule has 7 aromatic rings. The lowest BCUT2D eigenvalue weighted by molar-refractivity contribution is -0.134.